The monoisotopic (exact) mass is 246 g/mol. The van der Waals surface area contributed by atoms with Crippen LogP contribution in [0.25, 0.3) is 32.5 Å². The van der Waals surface area contributed by atoms with E-state index in [0.717, 1.165) is 21.5 Å². The fourth-order valence-electron chi connectivity index (χ4n) is 2.64. The second kappa shape index (κ2) is 3.69. The van der Waals surface area contributed by atoms with Crippen molar-refractivity contribution in [2.75, 3.05) is 0 Å². The number of para-hydroxylation sites is 1. The highest BCUT2D eigenvalue weighted by Crippen LogP contribution is 2.28. The van der Waals surface area contributed by atoms with Gasteiger partial charge in [0.1, 0.15) is 5.58 Å². The molecule has 0 bridgehead atoms. The summed E-state index contributed by atoms with van der Waals surface area (Å²) < 4.78 is 5.43. The maximum absolute atomic E-state index is 12.2. The van der Waals surface area contributed by atoms with Crippen molar-refractivity contribution >= 4 is 32.5 Å². The summed E-state index contributed by atoms with van der Waals surface area (Å²) in [6, 6.07) is 19.6. The molecule has 1 heterocycles. The molecule has 3 aromatic carbocycles. The van der Waals surface area contributed by atoms with Crippen LogP contribution in [0, 0.1) is 0 Å². The van der Waals surface area contributed by atoms with Crippen LogP contribution in [-0.2, 0) is 0 Å². The van der Waals surface area contributed by atoms with Crippen molar-refractivity contribution in [2.45, 2.75) is 0 Å². The van der Waals surface area contributed by atoms with Crippen LogP contribution in [0.2, 0.25) is 0 Å². The first-order valence-corrected chi connectivity index (χ1v) is 6.18. The maximum Gasteiger partial charge on any atom is 0.344 e. The minimum Gasteiger partial charge on any atom is -0.422 e. The third-order valence-electron chi connectivity index (χ3n) is 3.51. The second-order valence-electron chi connectivity index (χ2n) is 4.59. The van der Waals surface area contributed by atoms with Gasteiger partial charge in [-0.05, 0) is 16.8 Å². The van der Waals surface area contributed by atoms with Crippen LogP contribution in [0.15, 0.2) is 69.9 Å². The molecule has 0 radical (unpaired) electrons. The summed E-state index contributed by atoms with van der Waals surface area (Å²) in [7, 11) is 0. The van der Waals surface area contributed by atoms with Crippen molar-refractivity contribution < 1.29 is 4.42 Å². The molecule has 90 valence electrons. The summed E-state index contributed by atoms with van der Waals surface area (Å²) in [5, 5.41) is 4.59. The van der Waals surface area contributed by atoms with E-state index in [1.54, 1.807) is 0 Å². The molecule has 0 N–H and O–H groups in total. The van der Waals surface area contributed by atoms with E-state index in [-0.39, 0.29) is 5.63 Å². The highest BCUT2D eigenvalue weighted by Gasteiger charge is 2.09. The van der Waals surface area contributed by atoms with Crippen molar-refractivity contribution in [2.24, 2.45) is 0 Å². The fraction of sp³-hybridized carbons (Fsp3) is 0. The molecule has 0 saturated carbocycles. The number of rotatable bonds is 0. The van der Waals surface area contributed by atoms with Gasteiger partial charge in [-0.1, -0.05) is 54.6 Å². The minimum absolute atomic E-state index is 0.273. The van der Waals surface area contributed by atoms with Crippen molar-refractivity contribution in [3.8, 4) is 0 Å². The Morgan fingerprint density at radius 3 is 2.32 bits per heavy atom. The Labute approximate surface area is 108 Å². The number of hydrogen-bond donors (Lipinski definition) is 0. The Morgan fingerprint density at radius 1 is 0.684 bits per heavy atom. The Morgan fingerprint density at radius 2 is 1.42 bits per heavy atom. The predicted octanol–water partition coefficient (Wildman–Crippen LogP) is 4.10. The van der Waals surface area contributed by atoms with Gasteiger partial charge >= 0.3 is 5.63 Å². The van der Waals surface area contributed by atoms with Crippen molar-refractivity contribution in [3.05, 3.63) is 71.1 Å². The third-order valence-corrected chi connectivity index (χ3v) is 3.51. The van der Waals surface area contributed by atoms with E-state index >= 15 is 0 Å². The van der Waals surface area contributed by atoms with Gasteiger partial charge in [-0.15, -0.1) is 0 Å². The molecule has 4 aromatic rings. The molecule has 0 fully saturated rings. The summed E-state index contributed by atoms with van der Waals surface area (Å²) in [5.41, 5.74) is 0.362. The molecular formula is C17H10O2. The van der Waals surface area contributed by atoms with Crippen LogP contribution < -0.4 is 5.63 Å². The van der Waals surface area contributed by atoms with Crippen LogP contribution in [0.5, 0.6) is 0 Å². The lowest BCUT2D eigenvalue weighted by molar-refractivity contribution is 0.570. The molecular weight excluding hydrogens is 236 g/mol. The molecule has 2 nitrogen and oxygen atoms in total. The van der Waals surface area contributed by atoms with Crippen molar-refractivity contribution in [1.82, 2.24) is 0 Å². The molecule has 0 amide bonds. The Balaban J connectivity index is 2.39. The van der Waals surface area contributed by atoms with Crippen LogP contribution in [0.3, 0.4) is 0 Å². The summed E-state index contributed by atoms with van der Waals surface area (Å²) in [6.07, 6.45) is 0. The summed E-state index contributed by atoms with van der Waals surface area (Å²) in [4.78, 5) is 12.2. The van der Waals surface area contributed by atoms with E-state index < -0.39 is 0 Å². The number of hydrogen-bond acceptors (Lipinski definition) is 2. The first-order chi connectivity index (χ1) is 9.34. The van der Waals surface area contributed by atoms with Gasteiger partial charge in [0.2, 0.25) is 0 Å². The highest BCUT2D eigenvalue weighted by atomic mass is 16.4. The summed E-state index contributed by atoms with van der Waals surface area (Å²) in [6.45, 7) is 0. The molecule has 0 unspecified atom stereocenters. The Hall–Kier alpha value is -2.61. The standard InChI is InChI=1S/C17H10O2/c18-17-16-12-6-2-1-5-11(12)9-10-14(16)13-7-3-4-8-15(13)19-17/h1-10H. The normalized spacial score (nSPS) is 11.4. The average molecular weight is 246 g/mol. The van der Waals surface area contributed by atoms with Crippen LogP contribution in [-0.4, -0.2) is 0 Å². The first-order valence-electron chi connectivity index (χ1n) is 6.18. The van der Waals surface area contributed by atoms with Crippen LogP contribution in [0.1, 0.15) is 0 Å². The molecule has 0 aliphatic carbocycles. The zero-order chi connectivity index (χ0) is 12.8. The smallest absolute Gasteiger partial charge is 0.344 e. The summed E-state index contributed by atoms with van der Waals surface area (Å²) >= 11 is 0. The topological polar surface area (TPSA) is 30.2 Å². The van der Waals surface area contributed by atoms with Crippen LogP contribution >= 0.6 is 0 Å². The van der Waals surface area contributed by atoms with Gasteiger partial charge < -0.3 is 4.42 Å². The van der Waals surface area contributed by atoms with E-state index in [1.165, 1.54) is 0 Å². The van der Waals surface area contributed by atoms with E-state index in [9.17, 15) is 4.79 Å². The fourth-order valence-corrected chi connectivity index (χ4v) is 2.64. The molecule has 1 aromatic heterocycles. The molecule has 2 heteroatoms. The van der Waals surface area contributed by atoms with Crippen molar-refractivity contribution in [1.29, 1.82) is 0 Å². The minimum atomic E-state index is -0.273. The van der Waals surface area contributed by atoms with E-state index in [1.807, 2.05) is 60.7 Å². The third kappa shape index (κ3) is 1.40. The van der Waals surface area contributed by atoms with Gasteiger partial charge in [0.25, 0.3) is 0 Å². The van der Waals surface area contributed by atoms with Crippen LogP contribution in [0.4, 0.5) is 0 Å². The zero-order valence-corrected chi connectivity index (χ0v) is 10.1. The maximum atomic E-state index is 12.2. The van der Waals surface area contributed by atoms with E-state index in [4.69, 9.17) is 4.42 Å². The van der Waals surface area contributed by atoms with Gasteiger partial charge in [-0.2, -0.15) is 0 Å². The number of fused-ring (bicyclic) bond motifs is 5. The number of benzene rings is 3. The molecule has 0 aliphatic heterocycles. The average Bonchev–Trinajstić information content (AvgIpc) is 2.46. The SMILES string of the molecule is O=c1oc2ccccc2c2ccc3ccccc3c12. The quantitative estimate of drug-likeness (QED) is 0.345. The van der Waals surface area contributed by atoms with Gasteiger partial charge in [0.05, 0.1) is 5.39 Å². The van der Waals surface area contributed by atoms with E-state index in [0.29, 0.717) is 11.0 Å². The van der Waals surface area contributed by atoms with Crippen molar-refractivity contribution in [3.63, 3.8) is 0 Å². The predicted molar refractivity (Wildman–Crippen MR) is 77.5 cm³/mol. The van der Waals surface area contributed by atoms with Gasteiger partial charge in [-0.3, -0.25) is 0 Å². The van der Waals surface area contributed by atoms with Gasteiger partial charge in [0, 0.05) is 10.8 Å². The molecule has 0 aliphatic rings. The van der Waals surface area contributed by atoms with E-state index in [2.05, 4.69) is 0 Å². The molecule has 19 heavy (non-hydrogen) atoms. The highest BCUT2D eigenvalue weighted by molar-refractivity contribution is 6.15. The molecule has 0 atom stereocenters. The lowest BCUT2D eigenvalue weighted by Crippen LogP contribution is -2.00. The lowest BCUT2D eigenvalue weighted by atomic mass is 10.0. The molecule has 0 saturated heterocycles. The second-order valence-corrected chi connectivity index (χ2v) is 4.59. The largest absolute Gasteiger partial charge is 0.422 e. The summed E-state index contributed by atoms with van der Waals surface area (Å²) in [5.74, 6) is 0. The lowest BCUT2D eigenvalue weighted by Gasteiger charge is -2.05. The van der Waals surface area contributed by atoms with Gasteiger partial charge in [-0.25, -0.2) is 4.79 Å². The van der Waals surface area contributed by atoms with Gasteiger partial charge in [0.15, 0.2) is 0 Å². The Kier molecular flexibility index (Phi) is 2.00. The zero-order valence-electron chi connectivity index (χ0n) is 10.1. The first kappa shape index (κ1) is 10.3. The Bertz CT molecular complexity index is 980. The molecule has 4 rings (SSSR count). The molecule has 0 spiro atoms.